The molecule has 3 aliphatic rings. The Labute approximate surface area is 165 Å². The quantitative estimate of drug-likeness (QED) is 0.730. The predicted octanol–water partition coefficient (Wildman–Crippen LogP) is 4.70. The van der Waals surface area contributed by atoms with Gasteiger partial charge in [-0.2, -0.15) is 0 Å². The maximum Gasteiger partial charge on any atom is 0.231 e. The number of carbonyl (C=O) groups is 1. The van der Waals surface area contributed by atoms with Crippen LogP contribution in [0.1, 0.15) is 69.5 Å². The highest BCUT2D eigenvalue weighted by atomic mass is 79.9. The smallest absolute Gasteiger partial charge is 0.231 e. The lowest BCUT2D eigenvalue weighted by Gasteiger charge is -2.46. The molecule has 2 heterocycles. The molecule has 0 aromatic heterocycles. The lowest BCUT2D eigenvalue weighted by molar-refractivity contribution is -0.130. The van der Waals surface area contributed by atoms with Gasteiger partial charge >= 0.3 is 0 Å². The second kappa shape index (κ2) is 7.27. The van der Waals surface area contributed by atoms with Gasteiger partial charge in [-0.1, -0.05) is 35.8 Å². The minimum Gasteiger partial charge on any atom is -0.348 e. The van der Waals surface area contributed by atoms with E-state index in [9.17, 15) is 4.79 Å². The molecule has 1 aromatic rings. The molecule has 4 heteroatoms. The van der Waals surface area contributed by atoms with Crippen LogP contribution in [-0.2, 0) is 10.2 Å². The molecule has 1 spiro atoms. The van der Waals surface area contributed by atoms with Crippen molar-refractivity contribution in [3.63, 3.8) is 0 Å². The largest absolute Gasteiger partial charge is 0.348 e. The highest BCUT2D eigenvalue weighted by Crippen LogP contribution is 2.47. The molecule has 2 fully saturated rings. The summed E-state index contributed by atoms with van der Waals surface area (Å²) in [5.41, 5.74) is 2.34. The van der Waals surface area contributed by atoms with Crippen molar-refractivity contribution in [2.45, 2.75) is 63.8 Å². The van der Waals surface area contributed by atoms with Crippen LogP contribution in [0.3, 0.4) is 0 Å². The summed E-state index contributed by atoms with van der Waals surface area (Å²) in [6.07, 6.45) is 6.86. The summed E-state index contributed by atoms with van der Waals surface area (Å²) in [6, 6.07) is 6.80. The summed E-state index contributed by atoms with van der Waals surface area (Å²) in [5, 5.41) is 6.91. The molecule has 1 saturated heterocycles. The third kappa shape index (κ3) is 3.13. The maximum absolute atomic E-state index is 13.3. The van der Waals surface area contributed by atoms with Crippen LogP contribution < -0.4 is 10.6 Å². The number of piperidine rings is 1. The van der Waals surface area contributed by atoms with Gasteiger partial charge in [-0.3, -0.25) is 4.79 Å². The SMILES string of the molecule is CC(C)[C@H]1CC[C@@H](C2NC(=O)C3(CCNCC3)c3ccc(Br)cc32)CC1. The second-order valence-corrected chi connectivity index (χ2v) is 9.85. The number of carbonyl (C=O) groups excluding carboxylic acids is 1. The Morgan fingerprint density at radius 3 is 2.46 bits per heavy atom. The molecule has 142 valence electrons. The predicted molar refractivity (Wildman–Crippen MR) is 109 cm³/mol. The standard InChI is InChI=1S/C22H31BrN2O/c1-14(2)15-3-5-16(6-4-15)20-18-13-17(23)7-8-19(18)22(21(26)25-20)9-11-24-12-10-22/h7-8,13-16,20,24H,3-6,9-12H2,1-2H3,(H,25,26)/t15-,16+,20?. The summed E-state index contributed by atoms with van der Waals surface area (Å²) in [5.74, 6) is 2.46. The van der Waals surface area contributed by atoms with Gasteiger partial charge in [0, 0.05) is 4.47 Å². The van der Waals surface area contributed by atoms with E-state index < -0.39 is 0 Å². The fourth-order valence-corrected chi connectivity index (χ4v) is 5.95. The fourth-order valence-electron chi connectivity index (χ4n) is 5.57. The molecule has 26 heavy (non-hydrogen) atoms. The summed E-state index contributed by atoms with van der Waals surface area (Å²) in [6.45, 7) is 6.54. The number of fused-ring (bicyclic) bond motifs is 2. The number of hydrogen-bond acceptors (Lipinski definition) is 2. The Morgan fingerprint density at radius 1 is 1.12 bits per heavy atom. The van der Waals surface area contributed by atoms with Crippen molar-refractivity contribution >= 4 is 21.8 Å². The van der Waals surface area contributed by atoms with Crippen molar-refractivity contribution in [2.24, 2.45) is 17.8 Å². The van der Waals surface area contributed by atoms with E-state index in [0.29, 0.717) is 5.92 Å². The zero-order chi connectivity index (χ0) is 18.3. The first-order chi connectivity index (χ1) is 12.5. The van der Waals surface area contributed by atoms with Crippen LogP contribution in [0.4, 0.5) is 0 Å². The van der Waals surface area contributed by atoms with Gasteiger partial charge in [-0.05, 0) is 92.6 Å². The highest BCUT2D eigenvalue weighted by Gasteiger charge is 2.48. The third-order valence-corrected chi connectivity index (χ3v) is 7.77. The first-order valence-electron chi connectivity index (χ1n) is 10.3. The first kappa shape index (κ1) is 18.5. The summed E-state index contributed by atoms with van der Waals surface area (Å²) in [7, 11) is 0. The van der Waals surface area contributed by atoms with Gasteiger partial charge in [0.1, 0.15) is 0 Å². The lowest BCUT2D eigenvalue weighted by Crippen LogP contribution is -2.56. The molecule has 4 rings (SSSR count). The second-order valence-electron chi connectivity index (χ2n) is 8.93. The Bertz CT molecular complexity index is 673. The van der Waals surface area contributed by atoms with Crippen molar-refractivity contribution < 1.29 is 4.79 Å². The number of amides is 1. The van der Waals surface area contributed by atoms with Gasteiger partial charge in [0.05, 0.1) is 11.5 Å². The highest BCUT2D eigenvalue weighted by molar-refractivity contribution is 9.10. The van der Waals surface area contributed by atoms with E-state index in [1.165, 1.54) is 36.8 Å². The van der Waals surface area contributed by atoms with Crippen LogP contribution in [0.25, 0.3) is 0 Å². The van der Waals surface area contributed by atoms with Crippen LogP contribution in [0.15, 0.2) is 22.7 Å². The molecule has 2 aliphatic heterocycles. The van der Waals surface area contributed by atoms with Gasteiger partial charge in [-0.15, -0.1) is 0 Å². The molecule has 1 amide bonds. The Balaban J connectivity index is 1.66. The van der Waals surface area contributed by atoms with Gasteiger partial charge in [0.2, 0.25) is 5.91 Å². The fraction of sp³-hybridized carbons (Fsp3) is 0.682. The molecule has 2 N–H and O–H groups in total. The number of benzene rings is 1. The normalized spacial score (nSPS) is 30.9. The number of halogens is 1. The average molecular weight is 419 g/mol. The van der Waals surface area contributed by atoms with Crippen molar-refractivity contribution in [1.29, 1.82) is 0 Å². The van der Waals surface area contributed by atoms with Crippen molar-refractivity contribution in [3.05, 3.63) is 33.8 Å². The topological polar surface area (TPSA) is 41.1 Å². The zero-order valence-electron chi connectivity index (χ0n) is 16.0. The maximum atomic E-state index is 13.3. The van der Waals surface area contributed by atoms with Crippen molar-refractivity contribution in [2.75, 3.05) is 13.1 Å². The van der Waals surface area contributed by atoms with E-state index >= 15 is 0 Å². The summed E-state index contributed by atoms with van der Waals surface area (Å²) in [4.78, 5) is 13.3. The van der Waals surface area contributed by atoms with E-state index in [1.54, 1.807) is 0 Å². The van der Waals surface area contributed by atoms with Crippen molar-refractivity contribution in [1.82, 2.24) is 10.6 Å². The number of nitrogens with one attached hydrogen (secondary N) is 2. The van der Waals surface area contributed by atoms with E-state index in [2.05, 4.69) is 58.6 Å². The van der Waals surface area contributed by atoms with Gasteiger partial charge in [-0.25, -0.2) is 0 Å². The number of rotatable bonds is 2. The molecule has 1 unspecified atom stereocenters. The Kier molecular flexibility index (Phi) is 5.17. The molecule has 0 radical (unpaired) electrons. The molecule has 1 aliphatic carbocycles. The lowest BCUT2D eigenvalue weighted by atomic mass is 9.64. The van der Waals surface area contributed by atoms with E-state index in [1.807, 2.05) is 0 Å². The van der Waals surface area contributed by atoms with Gasteiger partial charge < -0.3 is 10.6 Å². The molecule has 1 saturated carbocycles. The van der Waals surface area contributed by atoms with E-state index in [0.717, 1.165) is 42.2 Å². The molecule has 1 atom stereocenters. The molecule has 1 aromatic carbocycles. The van der Waals surface area contributed by atoms with E-state index in [4.69, 9.17) is 0 Å². The molecule has 0 bridgehead atoms. The first-order valence-corrected chi connectivity index (χ1v) is 11.1. The van der Waals surface area contributed by atoms with Crippen LogP contribution in [0.5, 0.6) is 0 Å². The average Bonchev–Trinajstić information content (AvgIpc) is 2.65. The van der Waals surface area contributed by atoms with Crippen LogP contribution in [-0.4, -0.2) is 19.0 Å². The van der Waals surface area contributed by atoms with Crippen molar-refractivity contribution in [3.8, 4) is 0 Å². The minimum atomic E-state index is -0.326. The van der Waals surface area contributed by atoms with Gasteiger partial charge in [0.15, 0.2) is 0 Å². The minimum absolute atomic E-state index is 0.184. The molecule has 3 nitrogen and oxygen atoms in total. The van der Waals surface area contributed by atoms with E-state index in [-0.39, 0.29) is 17.4 Å². The molecular formula is C22H31BrN2O. The monoisotopic (exact) mass is 418 g/mol. The summed E-state index contributed by atoms with van der Waals surface area (Å²) < 4.78 is 1.12. The Morgan fingerprint density at radius 2 is 1.81 bits per heavy atom. The van der Waals surface area contributed by atoms with Crippen LogP contribution >= 0.6 is 15.9 Å². The van der Waals surface area contributed by atoms with Crippen LogP contribution in [0, 0.1) is 17.8 Å². The van der Waals surface area contributed by atoms with Gasteiger partial charge in [0.25, 0.3) is 0 Å². The third-order valence-electron chi connectivity index (χ3n) is 7.27. The Hall–Kier alpha value is -0.870. The van der Waals surface area contributed by atoms with Crippen LogP contribution in [0.2, 0.25) is 0 Å². The molecular weight excluding hydrogens is 388 g/mol. The zero-order valence-corrected chi connectivity index (χ0v) is 17.6. The summed E-state index contributed by atoms with van der Waals surface area (Å²) >= 11 is 3.67. The number of hydrogen-bond donors (Lipinski definition) is 2.